The van der Waals surface area contributed by atoms with Crippen LogP contribution in [0, 0.1) is 40.7 Å². The van der Waals surface area contributed by atoms with Crippen LogP contribution in [0.2, 0.25) is 5.02 Å². The average Bonchev–Trinajstić information content (AvgIpc) is 3.51. The maximum atomic E-state index is 12.8. The van der Waals surface area contributed by atoms with Crippen molar-refractivity contribution in [3.8, 4) is 0 Å². The number of carbonyl (C=O) groups excluding carboxylic acids is 3. The number of hydrogen-bond acceptors (Lipinski definition) is 6. The van der Waals surface area contributed by atoms with E-state index in [1.165, 1.54) is 23.1 Å². The Bertz CT molecular complexity index is 1260. The standard InChI is InChI=1S/C25H23ClN4O5/c1-13-2-6-17(12-18(13)26)28-23(31)16-5-7-19(20(11-16)30(34)35)27-8-9-29-24(32)21-14-3-4-15(10-14)22(21)25(29)33/h2-7,11-12,14-15,21-22,27H,8-10H2,1H3,(H,28,31)/t14-,15-,21-,22+/m0/s1. The van der Waals surface area contributed by atoms with Crippen molar-refractivity contribution in [2.75, 3.05) is 23.7 Å². The molecule has 2 aromatic carbocycles. The van der Waals surface area contributed by atoms with E-state index in [1.807, 2.05) is 19.1 Å². The van der Waals surface area contributed by atoms with Crippen LogP contribution in [0.3, 0.4) is 0 Å². The number of nitro benzene ring substituents is 1. The highest BCUT2D eigenvalue weighted by atomic mass is 35.5. The zero-order valence-electron chi connectivity index (χ0n) is 18.9. The number of imide groups is 1. The molecule has 0 radical (unpaired) electrons. The number of amides is 3. The molecular formula is C25H23ClN4O5. The third-order valence-corrected chi connectivity index (χ3v) is 7.51. The van der Waals surface area contributed by atoms with Gasteiger partial charge >= 0.3 is 0 Å². The van der Waals surface area contributed by atoms with Gasteiger partial charge in [0.25, 0.3) is 11.6 Å². The second kappa shape index (κ2) is 8.81. The van der Waals surface area contributed by atoms with Crippen LogP contribution < -0.4 is 10.6 Å². The summed E-state index contributed by atoms with van der Waals surface area (Å²) in [6, 6.07) is 9.17. The van der Waals surface area contributed by atoms with Crippen LogP contribution in [0.5, 0.6) is 0 Å². The number of nitrogens with one attached hydrogen (secondary N) is 2. The summed E-state index contributed by atoms with van der Waals surface area (Å²) in [5.41, 5.74) is 1.37. The number of aryl methyl sites for hydroxylation is 1. The van der Waals surface area contributed by atoms with Crippen LogP contribution in [0.15, 0.2) is 48.6 Å². The molecule has 1 saturated heterocycles. The van der Waals surface area contributed by atoms with Crippen molar-refractivity contribution in [2.24, 2.45) is 23.7 Å². The zero-order valence-corrected chi connectivity index (χ0v) is 19.6. The number of likely N-dealkylation sites (tertiary alicyclic amines) is 1. The fraction of sp³-hybridized carbons (Fsp3) is 0.320. The fourth-order valence-electron chi connectivity index (χ4n) is 5.33. The summed E-state index contributed by atoms with van der Waals surface area (Å²) < 4.78 is 0. The van der Waals surface area contributed by atoms with E-state index in [0.29, 0.717) is 10.7 Å². The second-order valence-corrected chi connectivity index (χ2v) is 9.57. The lowest BCUT2D eigenvalue weighted by atomic mass is 9.85. The summed E-state index contributed by atoms with van der Waals surface area (Å²) in [4.78, 5) is 50.6. The van der Waals surface area contributed by atoms with E-state index in [9.17, 15) is 24.5 Å². The highest BCUT2D eigenvalue weighted by molar-refractivity contribution is 6.31. The average molecular weight is 495 g/mol. The van der Waals surface area contributed by atoms with E-state index in [0.717, 1.165) is 12.0 Å². The Balaban J connectivity index is 1.24. The molecule has 5 rings (SSSR count). The maximum Gasteiger partial charge on any atom is 0.293 e. The fourth-order valence-corrected chi connectivity index (χ4v) is 5.51. The van der Waals surface area contributed by atoms with Crippen LogP contribution >= 0.6 is 11.6 Å². The van der Waals surface area contributed by atoms with Crippen LogP contribution in [0.4, 0.5) is 17.1 Å². The van der Waals surface area contributed by atoms with Gasteiger partial charge < -0.3 is 10.6 Å². The van der Waals surface area contributed by atoms with Crippen LogP contribution in [0.1, 0.15) is 22.3 Å². The smallest absolute Gasteiger partial charge is 0.293 e. The minimum atomic E-state index is -0.582. The molecule has 1 saturated carbocycles. The van der Waals surface area contributed by atoms with Gasteiger partial charge in [-0.15, -0.1) is 0 Å². The summed E-state index contributed by atoms with van der Waals surface area (Å²) in [7, 11) is 0. The van der Waals surface area contributed by atoms with E-state index >= 15 is 0 Å². The largest absolute Gasteiger partial charge is 0.378 e. The third kappa shape index (κ3) is 4.05. The third-order valence-electron chi connectivity index (χ3n) is 7.10. The maximum absolute atomic E-state index is 12.8. The van der Waals surface area contributed by atoms with Crippen LogP contribution in [-0.4, -0.2) is 40.6 Å². The number of allylic oxidation sites excluding steroid dienone is 2. The summed E-state index contributed by atoms with van der Waals surface area (Å²) in [6.07, 6.45) is 4.93. The Morgan fingerprint density at radius 1 is 1.11 bits per heavy atom. The molecule has 2 bridgehead atoms. The Labute approximate surface area is 206 Å². The molecule has 1 heterocycles. The van der Waals surface area contributed by atoms with Crippen LogP contribution in [-0.2, 0) is 9.59 Å². The Morgan fingerprint density at radius 2 is 1.80 bits per heavy atom. The van der Waals surface area contributed by atoms with Gasteiger partial charge in [-0.1, -0.05) is 29.8 Å². The van der Waals surface area contributed by atoms with Crippen molar-refractivity contribution in [3.63, 3.8) is 0 Å². The second-order valence-electron chi connectivity index (χ2n) is 9.16. The van der Waals surface area contributed by atoms with E-state index in [-0.39, 0.29) is 65.5 Å². The van der Waals surface area contributed by atoms with Gasteiger partial charge in [-0.25, -0.2) is 0 Å². The number of nitrogens with zero attached hydrogens (tertiary/aromatic N) is 2. The molecule has 3 amide bonds. The van der Waals surface area contributed by atoms with E-state index in [4.69, 9.17) is 11.6 Å². The Hall–Kier alpha value is -3.72. The molecule has 3 aliphatic rings. The van der Waals surface area contributed by atoms with Gasteiger partial charge in [-0.05, 0) is 55.0 Å². The minimum absolute atomic E-state index is 0.111. The number of nitro groups is 1. The quantitative estimate of drug-likeness (QED) is 0.259. The minimum Gasteiger partial charge on any atom is -0.378 e. The van der Waals surface area contributed by atoms with Crippen LogP contribution in [0.25, 0.3) is 0 Å². The lowest BCUT2D eigenvalue weighted by Crippen LogP contribution is -2.36. The van der Waals surface area contributed by atoms with Gasteiger partial charge in [0.15, 0.2) is 0 Å². The summed E-state index contributed by atoms with van der Waals surface area (Å²) in [5.74, 6) is -1.10. The van der Waals surface area contributed by atoms with Gasteiger partial charge in [0, 0.05) is 35.4 Å². The molecule has 2 fully saturated rings. The number of halogens is 1. The summed E-state index contributed by atoms with van der Waals surface area (Å²) in [5, 5.41) is 17.8. The first kappa shape index (κ1) is 23.0. The number of hydrogen-bond donors (Lipinski definition) is 2. The first-order valence-corrected chi connectivity index (χ1v) is 11.8. The molecule has 1 aliphatic heterocycles. The van der Waals surface area contributed by atoms with Gasteiger partial charge in [-0.2, -0.15) is 0 Å². The molecule has 0 unspecified atom stereocenters. The molecule has 2 aliphatic carbocycles. The van der Waals surface area contributed by atoms with Gasteiger partial charge in [0.1, 0.15) is 5.69 Å². The molecule has 9 nitrogen and oxygen atoms in total. The molecule has 2 aromatic rings. The molecule has 35 heavy (non-hydrogen) atoms. The van der Waals surface area contributed by atoms with Crippen molar-refractivity contribution in [1.29, 1.82) is 0 Å². The Morgan fingerprint density at radius 3 is 2.43 bits per heavy atom. The van der Waals surface area contributed by atoms with Crippen molar-refractivity contribution in [2.45, 2.75) is 13.3 Å². The molecule has 180 valence electrons. The van der Waals surface area contributed by atoms with Crippen molar-refractivity contribution in [1.82, 2.24) is 4.90 Å². The van der Waals surface area contributed by atoms with Crippen molar-refractivity contribution < 1.29 is 19.3 Å². The first-order chi connectivity index (χ1) is 16.7. The lowest BCUT2D eigenvalue weighted by Gasteiger charge is -2.18. The van der Waals surface area contributed by atoms with Gasteiger partial charge in [-0.3, -0.25) is 29.4 Å². The number of anilines is 2. The normalized spacial score (nSPS) is 24.1. The SMILES string of the molecule is Cc1ccc(NC(=O)c2ccc(NCCN3C(=O)[C@@H]4[C@H](C3=O)[C@H]3C=C[C@H]4C3)c([N+](=O)[O-])c2)cc1Cl. The topological polar surface area (TPSA) is 122 Å². The highest BCUT2D eigenvalue weighted by Gasteiger charge is 2.58. The van der Waals surface area contributed by atoms with Gasteiger partial charge in [0.2, 0.25) is 11.8 Å². The molecule has 10 heteroatoms. The predicted molar refractivity (Wildman–Crippen MR) is 130 cm³/mol. The monoisotopic (exact) mass is 494 g/mol. The highest BCUT2D eigenvalue weighted by Crippen LogP contribution is 2.52. The van der Waals surface area contributed by atoms with Gasteiger partial charge in [0.05, 0.1) is 16.8 Å². The molecule has 0 spiro atoms. The van der Waals surface area contributed by atoms with Crippen molar-refractivity contribution in [3.05, 3.63) is 74.8 Å². The first-order valence-electron chi connectivity index (χ1n) is 11.4. The molecule has 2 N–H and O–H groups in total. The molecule has 4 atom stereocenters. The van der Waals surface area contributed by atoms with Crippen molar-refractivity contribution >= 4 is 46.4 Å². The summed E-state index contributed by atoms with van der Waals surface area (Å²) in [6.45, 7) is 2.12. The lowest BCUT2D eigenvalue weighted by molar-refractivity contribution is -0.384. The number of rotatable bonds is 7. The zero-order chi connectivity index (χ0) is 24.9. The number of fused-ring (bicyclic) bond motifs is 5. The summed E-state index contributed by atoms with van der Waals surface area (Å²) >= 11 is 6.09. The molecule has 0 aromatic heterocycles. The van der Waals surface area contributed by atoms with E-state index in [1.54, 1.807) is 18.2 Å². The molecular weight excluding hydrogens is 472 g/mol. The Kier molecular flexibility index (Phi) is 5.80. The number of carbonyl (C=O) groups is 3. The van der Waals surface area contributed by atoms with E-state index < -0.39 is 10.8 Å². The number of benzene rings is 2. The van der Waals surface area contributed by atoms with E-state index in [2.05, 4.69) is 10.6 Å². The predicted octanol–water partition coefficient (Wildman–Crippen LogP) is 4.03.